The molecule has 0 radical (unpaired) electrons. The second kappa shape index (κ2) is 19.0. The molecule has 14 rings (SSSR count). The number of hydrogen-bond donors (Lipinski definition) is 0. The van der Waals surface area contributed by atoms with Gasteiger partial charge in [0.05, 0.1) is 39.1 Å². The van der Waals surface area contributed by atoms with E-state index < -0.39 is 0 Å². The molecule has 0 aliphatic carbocycles. The Kier molecular flexibility index (Phi) is 11.4. The molecule has 0 unspecified atom stereocenters. The van der Waals surface area contributed by atoms with E-state index in [-0.39, 0.29) is 5.41 Å². The van der Waals surface area contributed by atoms with Crippen LogP contribution in [0.1, 0.15) is 26.3 Å². The molecule has 0 aliphatic heterocycles. The summed E-state index contributed by atoms with van der Waals surface area (Å²) in [5, 5.41) is 4.87. The van der Waals surface area contributed by atoms with Gasteiger partial charge >= 0.3 is 0 Å². The molecule has 78 heavy (non-hydrogen) atoms. The third kappa shape index (κ3) is 8.27. The lowest BCUT2D eigenvalue weighted by Gasteiger charge is -2.22. The zero-order valence-corrected chi connectivity index (χ0v) is 43.8. The van der Waals surface area contributed by atoms with Crippen molar-refractivity contribution < 1.29 is 0 Å². The Labute approximate surface area is 454 Å². The fourth-order valence-electron chi connectivity index (χ4n) is 11.5. The van der Waals surface area contributed by atoms with Crippen LogP contribution in [0.4, 0.5) is 0 Å². The first-order chi connectivity index (χ1) is 38.3. The molecule has 0 aliphatic rings. The van der Waals surface area contributed by atoms with E-state index in [0.29, 0.717) is 5.82 Å². The average Bonchev–Trinajstić information content (AvgIpc) is 4.10. The summed E-state index contributed by atoms with van der Waals surface area (Å²) in [5.74, 6) is 0.652. The number of nitrogens with zero attached hydrogens (tertiary/aromatic N) is 4. The van der Waals surface area contributed by atoms with Crippen LogP contribution in [-0.4, -0.2) is 19.1 Å². The van der Waals surface area contributed by atoms with E-state index in [0.717, 1.165) is 83.9 Å². The maximum absolute atomic E-state index is 5.46. The number of benzene rings is 11. The predicted molar refractivity (Wildman–Crippen MR) is 327 cm³/mol. The van der Waals surface area contributed by atoms with Gasteiger partial charge in [-0.05, 0) is 105 Å². The summed E-state index contributed by atoms with van der Waals surface area (Å²) in [4.78, 5) is 10.9. The van der Waals surface area contributed by atoms with Gasteiger partial charge in [0.25, 0.3) is 0 Å². The van der Waals surface area contributed by atoms with E-state index in [1.54, 1.807) is 0 Å². The Morgan fingerprint density at radius 1 is 0.282 bits per heavy atom. The van der Waals surface area contributed by atoms with E-state index in [9.17, 15) is 0 Å². The lowest BCUT2D eigenvalue weighted by atomic mass is 9.86. The Morgan fingerprint density at radius 3 is 1.14 bits per heavy atom. The van der Waals surface area contributed by atoms with Crippen LogP contribution in [0, 0.1) is 0 Å². The van der Waals surface area contributed by atoms with Crippen molar-refractivity contribution in [2.45, 2.75) is 26.2 Å². The Bertz CT molecular complexity index is 4310. The smallest absolute Gasteiger partial charge is 0.160 e. The molecule has 370 valence electrons. The summed E-state index contributed by atoms with van der Waals surface area (Å²) in [6.45, 7) is 6.92. The molecule has 4 heteroatoms. The van der Waals surface area contributed by atoms with Crippen molar-refractivity contribution in [3.8, 4) is 89.8 Å². The molecule has 11 aromatic carbocycles. The maximum Gasteiger partial charge on any atom is 0.160 e. The van der Waals surface area contributed by atoms with Crippen LogP contribution < -0.4 is 0 Å². The molecule has 0 saturated carbocycles. The molecule has 0 spiro atoms. The molecule has 0 atom stereocenters. The summed E-state index contributed by atoms with van der Waals surface area (Å²) in [5.41, 5.74) is 21.7. The first kappa shape index (κ1) is 46.6. The SMILES string of the molecule is CC(C)(C)c1ccc2c(c1)c1cc(-n3c4ccccc4c4ccccc43)ccc1n2-c1c(-c2ccc(-c3ccccc3)cc2)cc(-c2nc(-c3ccccc3)cc(-c3ccccc3)n2)cc1-c1ccc(-c2ccccc2)cc1. The summed E-state index contributed by atoms with van der Waals surface area (Å²) >= 11 is 0. The summed E-state index contributed by atoms with van der Waals surface area (Å²) in [6, 6.07) is 98.9. The highest BCUT2D eigenvalue weighted by atomic mass is 15.0. The van der Waals surface area contributed by atoms with Crippen LogP contribution in [0.2, 0.25) is 0 Å². The van der Waals surface area contributed by atoms with Gasteiger partial charge in [0, 0.05) is 55.0 Å². The van der Waals surface area contributed by atoms with Crippen molar-refractivity contribution in [3.63, 3.8) is 0 Å². The first-order valence-corrected chi connectivity index (χ1v) is 26.9. The third-order valence-electron chi connectivity index (χ3n) is 15.5. The summed E-state index contributed by atoms with van der Waals surface area (Å²) in [6.07, 6.45) is 0. The van der Waals surface area contributed by atoms with Gasteiger partial charge in [0.15, 0.2) is 5.82 Å². The molecule has 0 bridgehead atoms. The zero-order valence-electron chi connectivity index (χ0n) is 43.8. The zero-order chi connectivity index (χ0) is 52.3. The predicted octanol–water partition coefficient (Wildman–Crippen LogP) is 19.6. The molecular weight excluding hydrogens is 945 g/mol. The van der Waals surface area contributed by atoms with Crippen LogP contribution in [0.5, 0.6) is 0 Å². The quantitative estimate of drug-likeness (QED) is 0.144. The fourth-order valence-corrected chi connectivity index (χ4v) is 11.5. The van der Waals surface area contributed by atoms with Crippen molar-refractivity contribution in [1.29, 1.82) is 0 Å². The summed E-state index contributed by atoms with van der Waals surface area (Å²) < 4.78 is 4.97. The summed E-state index contributed by atoms with van der Waals surface area (Å²) in [7, 11) is 0. The first-order valence-electron chi connectivity index (χ1n) is 26.9. The van der Waals surface area contributed by atoms with Gasteiger partial charge in [0.1, 0.15) is 0 Å². The minimum absolute atomic E-state index is 0.0844. The van der Waals surface area contributed by atoms with Gasteiger partial charge in [-0.15, -0.1) is 0 Å². The average molecular weight is 999 g/mol. The largest absolute Gasteiger partial charge is 0.309 e. The lowest BCUT2D eigenvalue weighted by molar-refractivity contribution is 0.591. The van der Waals surface area contributed by atoms with Crippen molar-refractivity contribution in [1.82, 2.24) is 19.1 Å². The van der Waals surface area contributed by atoms with Gasteiger partial charge in [-0.2, -0.15) is 0 Å². The Morgan fingerprint density at radius 2 is 0.667 bits per heavy atom. The number of fused-ring (bicyclic) bond motifs is 6. The molecule has 0 amide bonds. The standard InChI is InChI=1S/C74H54N4/c1-74(2,3)58-40-42-70-64(46-58)65-47-59(77-68-30-18-16-28-60(68)61-29-17-19-31-69(61)77)41-43-71(65)78(70)72-62(53-36-32-51(33-37-53)49-20-8-4-9-21-49)44-57(45-63(72)54-38-34-52(35-39-54)50-22-10-5-11-23-50)73-75-66(55-24-12-6-13-25-55)48-67(76-73)56-26-14-7-15-27-56/h4-48H,1-3H3. The second-order valence-electron chi connectivity index (χ2n) is 21.4. The highest BCUT2D eigenvalue weighted by Crippen LogP contribution is 2.46. The van der Waals surface area contributed by atoms with Crippen LogP contribution >= 0.6 is 0 Å². The topological polar surface area (TPSA) is 35.6 Å². The molecule has 3 aromatic heterocycles. The van der Waals surface area contributed by atoms with Crippen molar-refractivity contribution in [2.75, 3.05) is 0 Å². The highest BCUT2D eigenvalue weighted by molar-refractivity contribution is 6.13. The third-order valence-corrected chi connectivity index (χ3v) is 15.5. The maximum atomic E-state index is 5.46. The number of hydrogen-bond acceptors (Lipinski definition) is 2. The van der Waals surface area contributed by atoms with Gasteiger partial charge in [0.2, 0.25) is 0 Å². The van der Waals surface area contributed by atoms with Crippen LogP contribution in [0.15, 0.2) is 273 Å². The molecule has 0 N–H and O–H groups in total. The Hall–Kier alpha value is -9.90. The van der Waals surface area contributed by atoms with E-state index in [1.807, 2.05) is 0 Å². The van der Waals surface area contributed by atoms with E-state index in [4.69, 9.17) is 9.97 Å². The van der Waals surface area contributed by atoms with Crippen LogP contribution in [0.25, 0.3) is 133 Å². The highest BCUT2D eigenvalue weighted by Gasteiger charge is 2.26. The lowest BCUT2D eigenvalue weighted by Crippen LogP contribution is -2.10. The van der Waals surface area contributed by atoms with Crippen molar-refractivity contribution >= 4 is 43.6 Å². The number of para-hydroxylation sites is 2. The van der Waals surface area contributed by atoms with E-state index in [2.05, 4.69) is 303 Å². The van der Waals surface area contributed by atoms with Gasteiger partial charge < -0.3 is 9.13 Å². The van der Waals surface area contributed by atoms with Crippen molar-refractivity contribution in [3.05, 3.63) is 279 Å². The molecule has 14 aromatic rings. The normalized spacial score (nSPS) is 11.8. The molecule has 0 saturated heterocycles. The minimum Gasteiger partial charge on any atom is -0.309 e. The van der Waals surface area contributed by atoms with Gasteiger partial charge in [-0.3, -0.25) is 0 Å². The van der Waals surface area contributed by atoms with Crippen LogP contribution in [0.3, 0.4) is 0 Å². The monoisotopic (exact) mass is 998 g/mol. The molecule has 0 fully saturated rings. The molecule has 3 heterocycles. The Balaban J connectivity index is 1.09. The minimum atomic E-state index is -0.0844. The van der Waals surface area contributed by atoms with Crippen molar-refractivity contribution in [2.24, 2.45) is 0 Å². The van der Waals surface area contributed by atoms with E-state index in [1.165, 1.54) is 49.3 Å². The molecule has 4 nitrogen and oxygen atoms in total. The van der Waals surface area contributed by atoms with E-state index >= 15 is 0 Å². The van der Waals surface area contributed by atoms with Gasteiger partial charge in [-0.1, -0.05) is 233 Å². The van der Waals surface area contributed by atoms with Crippen LogP contribution in [-0.2, 0) is 5.41 Å². The fraction of sp³-hybridized carbons (Fsp3) is 0.0541. The second-order valence-corrected chi connectivity index (χ2v) is 21.4. The molecular formula is C74H54N4. The van der Waals surface area contributed by atoms with Gasteiger partial charge in [-0.25, -0.2) is 9.97 Å². The number of rotatable bonds is 9. The number of aromatic nitrogens is 4.